The molecule has 2 heterocycles. The molecule has 2 atom stereocenters. The molecule has 0 saturated carbocycles. The van der Waals surface area contributed by atoms with Crippen molar-refractivity contribution in [3.63, 3.8) is 0 Å². The number of carbonyl (C=O) groups is 2. The summed E-state index contributed by atoms with van der Waals surface area (Å²) in [5.74, 6) is 0.736. The first-order valence-corrected chi connectivity index (χ1v) is 24.6. The fourth-order valence-corrected chi connectivity index (χ4v) is 7.88. The van der Waals surface area contributed by atoms with E-state index in [0.29, 0.717) is 0 Å². The Morgan fingerprint density at radius 1 is 0.724 bits per heavy atom. The van der Waals surface area contributed by atoms with Crippen LogP contribution in [0.2, 0.25) is 0 Å². The monoisotopic (exact) mass is 838 g/mol. The third-order valence-corrected chi connectivity index (χ3v) is 11.7. The van der Waals surface area contributed by atoms with Crippen LogP contribution in [0.1, 0.15) is 227 Å². The third-order valence-electron chi connectivity index (χ3n) is 11.2. The summed E-state index contributed by atoms with van der Waals surface area (Å²) in [6.45, 7) is 14.3. The number of hydrogen-bond acceptors (Lipinski definition) is 8. The normalized spacial score (nSPS) is 15.7. The molecule has 2 N–H and O–H groups in total. The molecule has 2 unspecified atom stereocenters. The van der Waals surface area contributed by atoms with Crippen LogP contribution in [0.5, 0.6) is 5.88 Å². The van der Waals surface area contributed by atoms with Crippen LogP contribution < -0.4 is 10.5 Å². The van der Waals surface area contributed by atoms with Crippen molar-refractivity contribution >= 4 is 30.0 Å². The largest absolute Gasteiger partial charge is 0.475 e. The molecule has 0 aromatic carbocycles. The quantitative estimate of drug-likeness (QED) is 0.0411. The number of primary amides is 1. The van der Waals surface area contributed by atoms with Gasteiger partial charge in [0.1, 0.15) is 18.5 Å². The van der Waals surface area contributed by atoms with E-state index in [1.54, 1.807) is 7.11 Å². The zero-order valence-corrected chi connectivity index (χ0v) is 39.8. The van der Waals surface area contributed by atoms with Gasteiger partial charge in [-0.1, -0.05) is 161 Å². The Kier molecular flexibility index (Phi) is 38.0. The van der Waals surface area contributed by atoms with Crippen molar-refractivity contribution in [2.75, 3.05) is 40.5 Å². The topological polar surface area (TPSA) is 114 Å². The summed E-state index contributed by atoms with van der Waals surface area (Å²) >= 11 is 1.28. The maximum atomic E-state index is 10.4. The van der Waals surface area contributed by atoms with Crippen LogP contribution >= 0.6 is 11.7 Å². The minimum Gasteiger partial charge on any atom is -0.475 e. The van der Waals surface area contributed by atoms with Crippen LogP contribution in [-0.2, 0) is 19.1 Å². The Balaban J connectivity index is 0.00000324. The van der Waals surface area contributed by atoms with Crippen LogP contribution in [0.15, 0.2) is 6.08 Å². The molecule has 1 aliphatic rings. The van der Waals surface area contributed by atoms with Gasteiger partial charge in [0.05, 0.1) is 44.1 Å². The minimum atomic E-state index is 0.0417. The first-order valence-electron chi connectivity index (χ1n) is 23.9. The molecule has 1 amide bonds. The molecule has 9 nitrogen and oxygen atoms in total. The van der Waals surface area contributed by atoms with Crippen molar-refractivity contribution in [2.45, 2.75) is 233 Å². The number of hydrogen-bond donors (Lipinski definition) is 1. The molecule has 0 aliphatic carbocycles. The molecular weight excluding hydrogens is 745 g/mol. The number of aldehydes is 1. The van der Waals surface area contributed by atoms with Crippen LogP contribution in [0.25, 0.3) is 5.57 Å². The van der Waals surface area contributed by atoms with Gasteiger partial charge >= 0.3 is 0 Å². The van der Waals surface area contributed by atoms with Gasteiger partial charge in [-0.25, -0.2) is 0 Å². The summed E-state index contributed by atoms with van der Waals surface area (Å²) in [7, 11) is 4.12. The fraction of sp³-hybridized carbons (Fsp3) is 0.875. The SMILES string of the molecule is CCCCCCCC(OCCCCCCCCCCCCCCCCCCCC=O)[N+]1(C)CCC=C(c2nsnc2OCCCCCC)C1.COC(C)(C)C.NC=O. The number of quaternary nitrogens is 1. The molecule has 1 aliphatic heterocycles. The zero-order valence-electron chi connectivity index (χ0n) is 39.0. The molecule has 0 radical (unpaired) electrons. The molecule has 0 saturated heterocycles. The number of ether oxygens (including phenoxy) is 3. The van der Waals surface area contributed by atoms with Crippen molar-refractivity contribution in [2.24, 2.45) is 5.73 Å². The number of amides is 1. The third kappa shape index (κ3) is 32.0. The highest BCUT2D eigenvalue weighted by Crippen LogP contribution is 2.33. The van der Waals surface area contributed by atoms with Gasteiger partial charge in [0.15, 0.2) is 6.23 Å². The standard InChI is InChI=1S/C42H78N3O3S.C5H12O.CH3NO/c1-4-6-8-24-27-33-40(45(3)34-31-32-39(38-45)41-42(44-49-43-41)48-37-29-9-7-5-2)47-36-30-26-23-21-19-17-15-13-11-10-12-14-16-18-20-22-25-28-35-46;1-5(2,3)6-4;2-1-3/h32,35,40H,4-31,33-34,36-38H2,1-3H3;1-4H3;1H,(H2,2,3)/q+1;;. The molecular formula is C48H93N4O5S+. The highest BCUT2D eigenvalue weighted by atomic mass is 32.1. The summed E-state index contributed by atoms with van der Waals surface area (Å²) < 4.78 is 28.1. The second kappa shape index (κ2) is 39.3. The highest BCUT2D eigenvalue weighted by molar-refractivity contribution is 6.99. The molecule has 1 aromatic heterocycles. The lowest BCUT2D eigenvalue weighted by Gasteiger charge is -2.43. The van der Waals surface area contributed by atoms with E-state index >= 15 is 0 Å². The Labute approximate surface area is 362 Å². The summed E-state index contributed by atoms with van der Waals surface area (Å²) in [6, 6.07) is 0. The van der Waals surface area contributed by atoms with Crippen molar-refractivity contribution in [1.82, 2.24) is 8.75 Å². The van der Waals surface area contributed by atoms with Gasteiger partial charge in [0.25, 0.3) is 5.88 Å². The van der Waals surface area contributed by atoms with Gasteiger partial charge in [-0.3, -0.25) is 9.28 Å². The Hall–Kier alpha value is -1.88. The molecule has 0 spiro atoms. The molecule has 2 rings (SSSR count). The van der Waals surface area contributed by atoms with E-state index in [0.717, 1.165) is 80.8 Å². The summed E-state index contributed by atoms with van der Waals surface area (Å²) in [4.78, 5) is 18.9. The average molecular weight is 838 g/mol. The zero-order chi connectivity index (χ0) is 43.0. The lowest BCUT2D eigenvalue weighted by molar-refractivity contribution is -0.950. The van der Waals surface area contributed by atoms with Crippen LogP contribution in [-0.4, -0.2) is 78.2 Å². The van der Waals surface area contributed by atoms with Crippen molar-refractivity contribution in [3.8, 4) is 5.88 Å². The van der Waals surface area contributed by atoms with E-state index in [9.17, 15) is 4.79 Å². The number of carbonyl (C=O) groups excluding carboxylic acids is 2. The van der Waals surface area contributed by atoms with Crippen molar-refractivity contribution in [1.29, 1.82) is 0 Å². The van der Waals surface area contributed by atoms with Gasteiger partial charge in [-0.2, -0.15) is 4.37 Å². The van der Waals surface area contributed by atoms with E-state index in [4.69, 9.17) is 23.4 Å². The summed E-state index contributed by atoms with van der Waals surface area (Å²) in [5.41, 5.74) is 6.47. The number of aromatic nitrogens is 2. The molecule has 340 valence electrons. The summed E-state index contributed by atoms with van der Waals surface area (Å²) in [6.07, 6.45) is 41.0. The highest BCUT2D eigenvalue weighted by Gasteiger charge is 2.37. The van der Waals surface area contributed by atoms with Gasteiger partial charge in [-0.05, 0) is 46.5 Å². The second-order valence-electron chi connectivity index (χ2n) is 17.7. The molecule has 0 fully saturated rings. The van der Waals surface area contributed by atoms with Crippen LogP contribution in [0.4, 0.5) is 0 Å². The van der Waals surface area contributed by atoms with E-state index in [1.807, 2.05) is 20.8 Å². The van der Waals surface area contributed by atoms with Crippen LogP contribution in [0.3, 0.4) is 0 Å². The molecule has 10 heteroatoms. The second-order valence-corrected chi connectivity index (χ2v) is 18.2. The van der Waals surface area contributed by atoms with Gasteiger partial charge in [-0.15, -0.1) is 4.37 Å². The number of nitrogens with zero attached hydrogens (tertiary/aromatic N) is 3. The summed E-state index contributed by atoms with van der Waals surface area (Å²) in [5, 5.41) is 0. The smallest absolute Gasteiger partial charge is 0.253 e. The average Bonchev–Trinajstić information content (AvgIpc) is 3.68. The number of nitrogens with two attached hydrogens (primary N) is 1. The predicted molar refractivity (Wildman–Crippen MR) is 247 cm³/mol. The first-order chi connectivity index (χ1) is 28.1. The number of unbranched alkanes of at least 4 members (excludes halogenated alkanes) is 24. The van der Waals surface area contributed by atoms with Gasteiger partial charge in [0.2, 0.25) is 6.41 Å². The van der Waals surface area contributed by atoms with E-state index in [-0.39, 0.29) is 18.2 Å². The van der Waals surface area contributed by atoms with Crippen molar-refractivity contribution < 1.29 is 28.3 Å². The predicted octanol–water partition coefficient (Wildman–Crippen LogP) is 13.2. The maximum absolute atomic E-state index is 10.4. The Morgan fingerprint density at radius 2 is 1.17 bits per heavy atom. The molecule has 58 heavy (non-hydrogen) atoms. The maximum Gasteiger partial charge on any atom is 0.253 e. The number of likely N-dealkylation sites (N-methyl/N-ethyl adjacent to an activating group) is 1. The fourth-order valence-electron chi connectivity index (χ4n) is 7.35. The number of rotatable bonds is 35. The number of methoxy groups -OCH3 is 1. The lowest BCUT2D eigenvalue weighted by Crippen LogP contribution is -2.56. The van der Waals surface area contributed by atoms with E-state index in [1.165, 1.54) is 171 Å². The van der Waals surface area contributed by atoms with Crippen LogP contribution in [0, 0.1) is 0 Å². The minimum absolute atomic E-state index is 0.0417. The van der Waals surface area contributed by atoms with E-state index < -0.39 is 0 Å². The lowest BCUT2D eigenvalue weighted by atomic mass is 10.0. The molecule has 0 bridgehead atoms. The van der Waals surface area contributed by atoms with Gasteiger partial charge in [0, 0.05) is 31.9 Å². The first kappa shape index (κ1) is 56.1. The van der Waals surface area contributed by atoms with Gasteiger partial charge < -0.3 is 24.7 Å². The van der Waals surface area contributed by atoms with E-state index in [2.05, 4.69) is 37.1 Å². The Morgan fingerprint density at radius 3 is 1.67 bits per heavy atom. The van der Waals surface area contributed by atoms with Crippen molar-refractivity contribution in [3.05, 3.63) is 11.8 Å². The molecule has 1 aromatic rings. The Bertz CT molecular complexity index is 1090.